The van der Waals surface area contributed by atoms with Gasteiger partial charge in [-0.05, 0) is 48.9 Å². The van der Waals surface area contributed by atoms with Gasteiger partial charge in [-0.2, -0.15) is 0 Å². The van der Waals surface area contributed by atoms with E-state index in [0.717, 1.165) is 15.7 Å². The molecule has 0 radical (unpaired) electrons. The van der Waals surface area contributed by atoms with Gasteiger partial charge in [0.2, 0.25) is 11.8 Å². The predicted octanol–water partition coefficient (Wildman–Crippen LogP) is 4.40. The van der Waals surface area contributed by atoms with Crippen LogP contribution in [0, 0.1) is 12.8 Å². The highest BCUT2D eigenvalue weighted by Gasteiger charge is 2.35. The maximum Gasteiger partial charge on any atom is 0.229 e. The molecule has 1 N–H and O–H groups in total. The topological polar surface area (TPSA) is 49.4 Å². The number of nitrogens with zero attached hydrogens (tertiary/aromatic N) is 1. The van der Waals surface area contributed by atoms with E-state index in [1.54, 1.807) is 17.0 Å². The van der Waals surface area contributed by atoms with E-state index in [2.05, 4.69) is 21.2 Å². The Hall–Kier alpha value is -1.85. The first-order chi connectivity index (χ1) is 11.5. The van der Waals surface area contributed by atoms with Crippen molar-refractivity contribution < 1.29 is 9.59 Å². The molecule has 2 aromatic carbocycles. The summed E-state index contributed by atoms with van der Waals surface area (Å²) in [6.07, 6.45) is 0.210. The molecular formula is C18H16BrClN2O2. The van der Waals surface area contributed by atoms with Crippen LogP contribution in [0.3, 0.4) is 0 Å². The second-order valence-corrected chi connectivity index (χ2v) is 7.11. The maximum atomic E-state index is 12.5. The Kier molecular flexibility index (Phi) is 4.92. The van der Waals surface area contributed by atoms with E-state index in [4.69, 9.17) is 11.6 Å². The summed E-state index contributed by atoms with van der Waals surface area (Å²) in [7, 11) is 0. The Morgan fingerprint density at radius 2 is 1.96 bits per heavy atom. The lowest BCUT2D eigenvalue weighted by atomic mass is 10.1. The van der Waals surface area contributed by atoms with Gasteiger partial charge in [0.25, 0.3) is 0 Å². The minimum Gasteiger partial charge on any atom is -0.325 e. The first-order valence-corrected chi connectivity index (χ1v) is 8.74. The summed E-state index contributed by atoms with van der Waals surface area (Å²) in [5.74, 6) is -0.576. The third kappa shape index (κ3) is 3.47. The molecule has 1 heterocycles. The molecule has 24 heavy (non-hydrogen) atoms. The zero-order valence-corrected chi connectivity index (χ0v) is 15.4. The van der Waals surface area contributed by atoms with Crippen molar-refractivity contribution in [3.05, 3.63) is 57.5 Å². The molecule has 6 heteroatoms. The molecule has 2 amide bonds. The van der Waals surface area contributed by atoms with E-state index in [0.29, 0.717) is 17.3 Å². The van der Waals surface area contributed by atoms with Gasteiger partial charge >= 0.3 is 0 Å². The van der Waals surface area contributed by atoms with Crippen molar-refractivity contribution >= 4 is 50.7 Å². The molecule has 0 aromatic heterocycles. The number of amides is 2. The fourth-order valence-electron chi connectivity index (χ4n) is 2.73. The lowest BCUT2D eigenvalue weighted by Crippen LogP contribution is -2.28. The first-order valence-electron chi connectivity index (χ1n) is 7.57. The van der Waals surface area contributed by atoms with Gasteiger partial charge < -0.3 is 10.2 Å². The Morgan fingerprint density at radius 1 is 1.25 bits per heavy atom. The van der Waals surface area contributed by atoms with Crippen LogP contribution in [0.15, 0.2) is 46.9 Å². The van der Waals surface area contributed by atoms with Crippen LogP contribution >= 0.6 is 27.5 Å². The second-order valence-electron chi connectivity index (χ2n) is 5.78. The Bertz CT molecular complexity index is 792. The molecule has 0 aliphatic carbocycles. The molecule has 1 aliphatic heterocycles. The second kappa shape index (κ2) is 6.95. The summed E-state index contributed by atoms with van der Waals surface area (Å²) in [6.45, 7) is 2.23. The van der Waals surface area contributed by atoms with Gasteiger partial charge in [0, 0.05) is 33.8 Å². The monoisotopic (exact) mass is 406 g/mol. The summed E-state index contributed by atoms with van der Waals surface area (Å²) >= 11 is 9.45. The molecule has 1 aliphatic rings. The highest BCUT2D eigenvalue weighted by molar-refractivity contribution is 9.10. The average Bonchev–Trinajstić information content (AvgIpc) is 2.94. The molecular weight excluding hydrogens is 392 g/mol. The quantitative estimate of drug-likeness (QED) is 0.819. The van der Waals surface area contributed by atoms with E-state index < -0.39 is 0 Å². The van der Waals surface area contributed by atoms with Crippen molar-refractivity contribution in [1.82, 2.24) is 0 Å². The first kappa shape index (κ1) is 17.0. The number of carbonyl (C=O) groups is 2. The fraction of sp³-hybridized carbons (Fsp3) is 0.222. The summed E-state index contributed by atoms with van der Waals surface area (Å²) in [5.41, 5.74) is 2.31. The standard InChI is InChI=1S/C18H16BrClN2O2/c1-11-15(20)3-2-4-16(11)21-18(24)12-9-17(23)22(10-12)14-7-5-13(19)6-8-14/h2-8,12H,9-10H2,1H3,(H,21,24)/t12-/m0/s1. The van der Waals surface area contributed by atoms with E-state index in [1.165, 1.54) is 0 Å². The van der Waals surface area contributed by atoms with Crippen LogP contribution in [0.1, 0.15) is 12.0 Å². The number of rotatable bonds is 3. The summed E-state index contributed by atoms with van der Waals surface area (Å²) < 4.78 is 0.948. The van der Waals surface area contributed by atoms with Crippen LogP contribution < -0.4 is 10.2 Å². The molecule has 4 nitrogen and oxygen atoms in total. The molecule has 124 valence electrons. The molecule has 1 atom stereocenters. The van der Waals surface area contributed by atoms with Crippen LogP contribution in [0.2, 0.25) is 5.02 Å². The number of hydrogen-bond acceptors (Lipinski definition) is 2. The molecule has 0 bridgehead atoms. The minimum absolute atomic E-state index is 0.0414. The zero-order chi connectivity index (χ0) is 17.3. The number of anilines is 2. The molecule has 3 rings (SSSR count). The Morgan fingerprint density at radius 3 is 2.67 bits per heavy atom. The molecule has 0 saturated carbocycles. The molecule has 0 unspecified atom stereocenters. The third-order valence-electron chi connectivity index (χ3n) is 4.16. The highest BCUT2D eigenvalue weighted by atomic mass is 79.9. The van der Waals surface area contributed by atoms with E-state index in [1.807, 2.05) is 37.3 Å². The molecule has 2 aromatic rings. The van der Waals surface area contributed by atoms with Gasteiger partial charge in [-0.25, -0.2) is 0 Å². The normalized spacial score (nSPS) is 17.2. The van der Waals surface area contributed by atoms with Gasteiger partial charge in [-0.3, -0.25) is 9.59 Å². The van der Waals surface area contributed by atoms with Crippen LogP contribution in [-0.4, -0.2) is 18.4 Å². The summed E-state index contributed by atoms with van der Waals surface area (Å²) in [5, 5.41) is 3.49. The molecule has 1 fully saturated rings. The van der Waals surface area contributed by atoms with Crippen molar-refractivity contribution in [3.8, 4) is 0 Å². The fourth-order valence-corrected chi connectivity index (χ4v) is 3.17. The zero-order valence-electron chi connectivity index (χ0n) is 13.1. The predicted molar refractivity (Wildman–Crippen MR) is 99.4 cm³/mol. The smallest absolute Gasteiger partial charge is 0.229 e. The minimum atomic E-state index is -0.375. The van der Waals surface area contributed by atoms with Crippen molar-refractivity contribution in [2.75, 3.05) is 16.8 Å². The largest absolute Gasteiger partial charge is 0.325 e. The number of carbonyl (C=O) groups excluding carboxylic acids is 2. The summed E-state index contributed by atoms with van der Waals surface area (Å²) in [6, 6.07) is 12.9. The van der Waals surface area contributed by atoms with Gasteiger partial charge in [0.1, 0.15) is 0 Å². The summed E-state index contributed by atoms with van der Waals surface area (Å²) in [4.78, 5) is 26.4. The van der Waals surface area contributed by atoms with Crippen molar-refractivity contribution in [2.45, 2.75) is 13.3 Å². The van der Waals surface area contributed by atoms with Crippen LogP contribution in [0.25, 0.3) is 0 Å². The van der Waals surface area contributed by atoms with E-state index >= 15 is 0 Å². The molecule has 0 spiro atoms. The SMILES string of the molecule is Cc1c(Cl)cccc1NC(=O)[C@H]1CC(=O)N(c2ccc(Br)cc2)C1. The number of hydrogen-bond donors (Lipinski definition) is 1. The molecule has 1 saturated heterocycles. The maximum absolute atomic E-state index is 12.5. The number of benzene rings is 2. The van der Waals surface area contributed by atoms with Crippen molar-refractivity contribution in [3.63, 3.8) is 0 Å². The van der Waals surface area contributed by atoms with Gasteiger partial charge in [0.05, 0.1) is 5.92 Å². The van der Waals surface area contributed by atoms with Gasteiger partial charge in [-0.1, -0.05) is 33.6 Å². The lowest BCUT2D eigenvalue weighted by Gasteiger charge is -2.17. The highest BCUT2D eigenvalue weighted by Crippen LogP contribution is 2.28. The average molecular weight is 408 g/mol. The number of nitrogens with one attached hydrogen (secondary N) is 1. The Balaban J connectivity index is 1.72. The van der Waals surface area contributed by atoms with Gasteiger partial charge in [-0.15, -0.1) is 0 Å². The van der Waals surface area contributed by atoms with Crippen LogP contribution in [0.4, 0.5) is 11.4 Å². The Labute approximate surface area is 153 Å². The van der Waals surface area contributed by atoms with Crippen LogP contribution in [-0.2, 0) is 9.59 Å². The van der Waals surface area contributed by atoms with Crippen molar-refractivity contribution in [2.24, 2.45) is 5.92 Å². The third-order valence-corrected chi connectivity index (χ3v) is 5.10. The van der Waals surface area contributed by atoms with E-state index in [9.17, 15) is 9.59 Å². The lowest BCUT2D eigenvalue weighted by molar-refractivity contribution is -0.122. The van der Waals surface area contributed by atoms with Crippen LogP contribution in [0.5, 0.6) is 0 Å². The van der Waals surface area contributed by atoms with E-state index in [-0.39, 0.29) is 24.2 Å². The van der Waals surface area contributed by atoms with Crippen molar-refractivity contribution in [1.29, 1.82) is 0 Å². The van der Waals surface area contributed by atoms with Gasteiger partial charge in [0.15, 0.2) is 0 Å². The number of halogens is 2.